The van der Waals surface area contributed by atoms with E-state index in [1.54, 1.807) is 11.1 Å². The van der Waals surface area contributed by atoms with Crippen LogP contribution >= 0.6 is 0 Å². The van der Waals surface area contributed by atoms with Crippen molar-refractivity contribution in [2.45, 2.75) is 45.4 Å². The van der Waals surface area contributed by atoms with Gasteiger partial charge < -0.3 is 0 Å². The first-order valence-corrected chi connectivity index (χ1v) is 6.84. The predicted molar refractivity (Wildman–Crippen MR) is 75.3 cm³/mol. The molecule has 0 heterocycles. The Morgan fingerprint density at radius 3 is 2.59 bits per heavy atom. The highest BCUT2D eigenvalue weighted by Crippen LogP contribution is 2.48. The molecule has 2 atom stereocenters. The second-order valence-corrected chi connectivity index (χ2v) is 5.73. The lowest BCUT2D eigenvalue weighted by atomic mass is 9.58. The van der Waals surface area contributed by atoms with E-state index in [2.05, 4.69) is 57.7 Å². The van der Waals surface area contributed by atoms with Crippen LogP contribution in [0.15, 0.2) is 36.9 Å². The molecule has 2 unspecified atom stereocenters. The van der Waals surface area contributed by atoms with Gasteiger partial charge in [0, 0.05) is 5.41 Å². The minimum Gasteiger partial charge on any atom is -0.103 e. The highest BCUT2D eigenvalue weighted by molar-refractivity contribution is 5.38. The van der Waals surface area contributed by atoms with Crippen molar-refractivity contribution in [1.29, 1.82) is 0 Å². The van der Waals surface area contributed by atoms with E-state index in [0.29, 0.717) is 17.3 Å². The minimum absolute atomic E-state index is 0.302. The summed E-state index contributed by atoms with van der Waals surface area (Å²) in [6.45, 7) is 11.1. The summed E-state index contributed by atoms with van der Waals surface area (Å²) < 4.78 is 0. The topological polar surface area (TPSA) is 0 Å². The second-order valence-electron chi connectivity index (χ2n) is 5.73. The zero-order valence-electron chi connectivity index (χ0n) is 11.4. The molecule has 0 saturated carbocycles. The molecule has 0 aliphatic heterocycles. The van der Waals surface area contributed by atoms with E-state index in [1.807, 2.05) is 0 Å². The number of hydrogen-bond donors (Lipinski definition) is 0. The molecule has 0 bridgehead atoms. The molecule has 0 N–H and O–H groups in total. The minimum atomic E-state index is 0.302. The van der Waals surface area contributed by atoms with E-state index in [4.69, 9.17) is 0 Å². The van der Waals surface area contributed by atoms with E-state index in [0.717, 1.165) is 0 Å². The van der Waals surface area contributed by atoms with Crippen LogP contribution in [0.3, 0.4) is 0 Å². The number of allylic oxidation sites excluding steroid dienone is 1. The zero-order chi connectivity index (χ0) is 12.5. The first kappa shape index (κ1) is 12.4. The Morgan fingerprint density at radius 1 is 1.24 bits per heavy atom. The SMILES string of the molecule is C=CC(C)C1(C(C)C)CCCc2ccccc21. The molecule has 2 rings (SSSR count). The highest BCUT2D eigenvalue weighted by Gasteiger charge is 2.42. The smallest absolute Gasteiger partial charge is 0.00387 e. The fourth-order valence-electron chi connectivity index (χ4n) is 3.71. The summed E-state index contributed by atoms with van der Waals surface area (Å²) in [5.74, 6) is 1.21. The van der Waals surface area contributed by atoms with Crippen molar-refractivity contribution in [3.8, 4) is 0 Å². The van der Waals surface area contributed by atoms with Gasteiger partial charge in [0.2, 0.25) is 0 Å². The molecule has 0 aromatic heterocycles. The average Bonchev–Trinajstić information content (AvgIpc) is 2.36. The van der Waals surface area contributed by atoms with Gasteiger partial charge in [-0.15, -0.1) is 6.58 Å². The fourth-order valence-corrected chi connectivity index (χ4v) is 3.71. The molecule has 92 valence electrons. The zero-order valence-corrected chi connectivity index (χ0v) is 11.4. The molecule has 0 spiro atoms. The van der Waals surface area contributed by atoms with Gasteiger partial charge in [0.05, 0.1) is 0 Å². The lowest BCUT2D eigenvalue weighted by molar-refractivity contribution is 0.204. The number of aryl methyl sites for hydroxylation is 1. The van der Waals surface area contributed by atoms with Crippen LogP contribution in [-0.2, 0) is 11.8 Å². The number of fused-ring (bicyclic) bond motifs is 1. The van der Waals surface area contributed by atoms with Gasteiger partial charge in [0.15, 0.2) is 0 Å². The molecule has 1 aliphatic rings. The van der Waals surface area contributed by atoms with E-state index < -0.39 is 0 Å². The number of hydrogen-bond acceptors (Lipinski definition) is 0. The summed E-state index contributed by atoms with van der Waals surface area (Å²) in [5, 5.41) is 0. The lowest BCUT2D eigenvalue weighted by Gasteiger charge is -2.46. The second kappa shape index (κ2) is 4.68. The molecular formula is C17H24. The summed E-state index contributed by atoms with van der Waals surface area (Å²) in [6, 6.07) is 9.01. The molecule has 0 heteroatoms. The third kappa shape index (κ3) is 1.84. The van der Waals surface area contributed by atoms with Gasteiger partial charge >= 0.3 is 0 Å². The van der Waals surface area contributed by atoms with Gasteiger partial charge in [-0.2, -0.15) is 0 Å². The quantitative estimate of drug-likeness (QED) is 0.656. The van der Waals surface area contributed by atoms with Crippen molar-refractivity contribution in [3.05, 3.63) is 48.0 Å². The molecule has 0 nitrogen and oxygen atoms in total. The summed E-state index contributed by atoms with van der Waals surface area (Å²) in [7, 11) is 0. The summed E-state index contributed by atoms with van der Waals surface area (Å²) in [5.41, 5.74) is 3.44. The van der Waals surface area contributed by atoms with Crippen molar-refractivity contribution >= 4 is 0 Å². The molecular weight excluding hydrogens is 204 g/mol. The Kier molecular flexibility index (Phi) is 3.42. The molecule has 0 saturated heterocycles. The standard InChI is InChI=1S/C17H24/c1-5-14(4)17(13(2)3)12-8-10-15-9-6-7-11-16(15)17/h5-7,9,11,13-14H,1,8,10,12H2,2-4H3. The fraction of sp³-hybridized carbons (Fsp3) is 0.529. The highest BCUT2D eigenvalue weighted by atomic mass is 14.5. The monoisotopic (exact) mass is 228 g/mol. The summed E-state index contributed by atoms with van der Waals surface area (Å²) in [4.78, 5) is 0. The van der Waals surface area contributed by atoms with E-state index >= 15 is 0 Å². The molecule has 0 amide bonds. The van der Waals surface area contributed by atoms with Crippen LogP contribution in [-0.4, -0.2) is 0 Å². The maximum atomic E-state index is 4.04. The molecule has 0 fully saturated rings. The maximum absolute atomic E-state index is 4.04. The van der Waals surface area contributed by atoms with Crippen molar-refractivity contribution in [2.24, 2.45) is 11.8 Å². The van der Waals surface area contributed by atoms with Crippen molar-refractivity contribution in [2.75, 3.05) is 0 Å². The van der Waals surface area contributed by atoms with E-state index in [-0.39, 0.29) is 0 Å². The van der Waals surface area contributed by atoms with Crippen LogP contribution < -0.4 is 0 Å². The van der Waals surface area contributed by atoms with Crippen LogP contribution in [0.5, 0.6) is 0 Å². The summed E-state index contributed by atoms with van der Waals surface area (Å²) >= 11 is 0. The number of benzene rings is 1. The van der Waals surface area contributed by atoms with Gasteiger partial charge in [0.1, 0.15) is 0 Å². The maximum Gasteiger partial charge on any atom is 0.00387 e. The van der Waals surface area contributed by atoms with Gasteiger partial charge in [-0.3, -0.25) is 0 Å². The molecule has 1 aromatic carbocycles. The first-order valence-electron chi connectivity index (χ1n) is 6.84. The van der Waals surface area contributed by atoms with E-state index in [9.17, 15) is 0 Å². The van der Waals surface area contributed by atoms with Crippen LogP contribution in [0.4, 0.5) is 0 Å². The number of rotatable bonds is 3. The van der Waals surface area contributed by atoms with Gasteiger partial charge in [0.25, 0.3) is 0 Å². The van der Waals surface area contributed by atoms with Crippen molar-refractivity contribution in [3.63, 3.8) is 0 Å². The molecule has 1 aromatic rings. The largest absolute Gasteiger partial charge is 0.103 e. The van der Waals surface area contributed by atoms with Crippen molar-refractivity contribution < 1.29 is 0 Å². The third-order valence-electron chi connectivity index (χ3n) is 4.75. The van der Waals surface area contributed by atoms with Crippen LogP contribution in [0.1, 0.15) is 44.7 Å². The van der Waals surface area contributed by atoms with E-state index in [1.165, 1.54) is 19.3 Å². The van der Waals surface area contributed by atoms with Gasteiger partial charge in [-0.1, -0.05) is 51.1 Å². The molecule has 1 aliphatic carbocycles. The Bertz CT molecular complexity index is 402. The Hall–Kier alpha value is -1.04. The molecule has 0 radical (unpaired) electrons. The van der Waals surface area contributed by atoms with Gasteiger partial charge in [-0.25, -0.2) is 0 Å². The normalized spacial score (nSPS) is 25.4. The van der Waals surface area contributed by atoms with Crippen LogP contribution in [0, 0.1) is 11.8 Å². The lowest BCUT2D eigenvalue weighted by Crippen LogP contribution is -2.41. The Labute approximate surface area is 106 Å². The van der Waals surface area contributed by atoms with Crippen molar-refractivity contribution in [1.82, 2.24) is 0 Å². The van der Waals surface area contributed by atoms with Crippen LogP contribution in [0.2, 0.25) is 0 Å². The summed E-state index contributed by atoms with van der Waals surface area (Å²) in [6.07, 6.45) is 6.00. The first-order chi connectivity index (χ1) is 8.13. The predicted octanol–water partition coefficient (Wildman–Crippen LogP) is 4.74. The third-order valence-corrected chi connectivity index (χ3v) is 4.75. The van der Waals surface area contributed by atoms with Crippen LogP contribution in [0.25, 0.3) is 0 Å². The molecule has 17 heavy (non-hydrogen) atoms. The van der Waals surface area contributed by atoms with Gasteiger partial charge in [-0.05, 0) is 42.2 Å². The Morgan fingerprint density at radius 2 is 1.94 bits per heavy atom. The Balaban J connectivity index is 2.59. The average molecular weight is 228 g/mol.